The average Bonchev–Trinajstić information content (AvgIpc) is 2.43. The summed E-state index contributed by atoms with van der Waals surface area (Å²) in [6, 6.07) is 7.88. The number of amides is 1. The quantitative estimate of drug-likeness (QED) is 0.848. The fraction of sp³-hybridized carbons (Fsp3) is 0.0714. The third-order valence-electron chi connectivity index (χ3n) is 2.73. The normalized spacial score (nSPS) is 10.2. The molecular formula is C14H12F2N2O2. The highest BCUT2D eigenvalue weighted by molar-refractivity contribution is 6.08. The molecule has 20 heavy (non-hydrogen) atoms. The van der Waals surface area contributed by atoms with Gasteiger partial charge < -0.3 is 15.8 Å². The van der Waals surface area contributed by atoms with Gasteiger partial charge in [-0.05, 0) is 24.3 Å². The molecule has 2 rings (SSSR count). The molecule has 0 spiro atoms. The van der Waals surface area contributed by atoms with Crippen LogP contribution in [0.2, 0.25) is 0 Å². The summed E-state index contributed by atoms with van der Waals surface area (Å²) in [5, 5.41) is 2.16. The second kappa shape index (κ2) is 5.56. The first kappa shape index (κ1) is 13.8. The summed E-state index contributed by atoms with van der Waals surface area (Å²) in [5.41, 5.74) is 5.41. The molecule has 1 amide bonds. The zero-order chi connectivity index (χ0) is 14.7. The number of halogens is 2. The Labute approximate surface area is 114 Å². The Bertz CT molecular complexity index is 639. The lowest BCUT2D eigenvalue weighted by atomic mass is 10.1. The van der Waals surface area contributed by atoms with Gasteiger partial charge in [-0.1, -0.05) is 12.1 Å². The van der Waals surface area contributed by atoms with Crippen LogP contribution in [0.25, 0.3) is 0 Å². The number of methoxy groups -OCH3 is 1. The van der Waals surface area contributed by atoms with Crippen molar-refractivity contribution in [3.05, 3.63) is 53.6 Å². The predicted molar refractivity (Wildman–Crippen MR) is 71.7 cm³/mol. The molecular weight excluding hydrogens is 266 g/mol. The molecule has 0 radical (unpaired) electrons. The van der Waals surface area contributed by atoms with E-state index in [2.05, 4.69) is 5.32 Å². The predicted octanol–water partition coefficient (Wildman–Crippen LogP) is 2.81. The first-order chi connectivity index (χ1) is 9.54. The van der Waals surface area contributed by atoms with Crippen LogP contribution >= 0.6 is 0 Å². The van der Waals surface area contributed by atoms with Crippen molar-refractivity contribution in [3.63, 3.8) is 0 Å². The van der Waals surface area contributed by atoms with Gasteiger partial charge in [-0.3, -0.25) is 4.79 Å². The minimum absolute atomic E-state index is 0.0759. The Morgan fingerprint density at radius 3 is 2.35 bits per heavy atom. The van der Waals surface area contributed by atoms with E-state index in [9.17, 15) is 13.6 Å². The number of nitrogen functional groups attached to an aromatic ring is 1. The van der Waals surface area contributed by atoms with Gasteiger partial charge in [0.15, 0.2) is 0 Å². The first-order valence-electron chi connectivity index (χ1n) is 5.72. The van der Waals surface area contributed by atoms with Gasteiger partial charge in [0.2, 0.25) is 0 Å². The highest BCUT2D eigenvalue weighted by atomic mass is 19.1. The molecule has 2 aromatic rings. The van der Waals surface area contributed by atoms with Gasteiger partial charge in [0.1, 0.15) is 23.1 Å². The van der Waals surface area contributed by atoms with Crippen molar-refractivity contribution in [1.29, 1.82) is 0 Å². The van der Waals surface area contributed by atoms with Crippen molar-refractivity contribution in [2.75, 3.05) is 18.2 Å². The number of nitrogens with one attached hydrogen (secondary N) is 1. The SMILES string of the molecule is COc1cccc(C(=O)Nc2c(F)cccc2F)c1N. The first-order valence-corrected chi connectivity index (χ1v) is 5.72. The second-order valence-electron chi connectivity index (χ2n) is 3.97. The van der Waals surface area contributed by atoms with Crippen molar-refractivity contribution in [2.45, 2.75) is 0 Å². The van der Waals surface area contributed by atoms with E-state index < -0.39 is 23.2 Å². The van der Waals surface area contributed by atoms with Gasteiger partial charge >= 0.3 is 0 Å². The van der Waals surface area contributed by atoms with Crippen molar-refractivity contribution in [3.8, 4) is 5.75 Å². The average molecular weight is 278 g/mol. The Balaban J connectivity index is 2.34. The van der Waals surface area contributed by atoms with Gasteiger partial charge in [-0.2, -0.15) is 0 Å². The van der Waals surface area contributed by atoms with E-state index in [-0.39, 0.29) is 11.3 Å². The van der Waals surface area contributed by atoms with E-state index in [1.54, 1.807) is 12.1 Å². The second-order valence-corrected chi connectivity index (χ2v) is 3.97. The molecule has 0 aliphatic carbocycles. The van der Waals surface area contributed by atoms with Gasteiger partial charge in [0.05, 0.1) is 18.4 Å². The molecule has 2 aromatic carbocycles. The maximum atomic E-state index is 13.5. The van der Waals surface area contributed by atoms with Gasteiger partial charge in [-0.15, -0.1) is 0 Å². The summed E-state index contributed by atoms with van der Waals surface area (Å²) >= 11 is 0. The highest BCUT2D eigenvalue weighted by Gasteiger charge is 2.16. The van der Waals surface area contributed by atoms with Crippen LogP contribution in [0.1, 0.15) is 10.4 Å². The third-order valence-corrected chi connectivity index (χ3v) is 2.73. The zero-order valence-corrected chi connectivity index (χ0v) is 10.6. The largest absolute Gasteiger partial charge is 0.495 e. The summed E-state index contributed by atoms with van der Waals surface area (Å²) in [6.07, 6.45) is 0. The van der Waals surface area contributed by atoms with Crippen molar-refractivity contribution < 1.29 is 18.3 Å². The number of carbonyl (C=O) groups is 1. The standard InChI is InChI=1S/C14H12F2N2O2/c1-20-11-7-2-4-8(12(11)17)14(19)18-13-9(15)5-3-6-10(13)16/h2-7H,17H2,1H3,(H,18,19). The number of anilines is 2. The van der Waals surface area contributed by atoms with Crippen molar-refractivity contribution >= 4 is 17.3 Å². The van der Waals surface area contributed by atoms with Crippen LogP contribution in [0.3, 0.4) is 0 Å². The van der Waals surface area contributed by atoms with E-state index in [4.69, 9.17) is 10.5 Å². The summed E-state index contributed by atoms with van der Waals surface area (Å²) < 4.78 is 31.9. The van der Waals surface area contributed by atoms with Gasteiger partial charge in [0, 0.05) is 0 Å². The van der Waals surface area contributed by atoms with E-state index in [0.717, 1.165) is 12.1 Å². The maximum absolute atomic E-state index is 13.5. The van der Waals surface area contributed by atoms with Crippen molar-refractivity contribution in [2.24, 2.45) is 0 Å². The molecule has 0 fully saturated rings. The number of para-hydroxylation sites is 2. The molecule has 0 heterocycles. The molecule has 3 N–H and O–H groups in total. The summed E-state index contributed by atoms with van der Waals surface area (Å²) in [5.74, 6) is -2.13. The van der Waals surface area contributed by atoms with Crippen LogP contribution in [-0.4, -0.2) is 13.0 Å². The molecule has 0 atom stereocenters. The molecule has 0 unspecified atom stereocenters. The number of rotatable bonds is 3. The molecule has 104 valence electrons. The molecule has 0 bridgehead atoms. The summed E-state index contributed by atoms with van der Waals surface area (Å²) in [7, 11) is 1.41. The molecule has 4 nitrogen and oxygen atoms in total. The van der Waals surface area contributed by atoms with Gasteiger partial charge in [0.25, 0.3) is 5.91 Å². The maximum Gasteiger partial charge on any atom is 0.258 e. The van der Waals surface area contributed by atoms with Crippen LogP contribution in [0, 0.1) is 11.6 Å². The molecule has 0 saturated heterocycles. The third kappa shape index (κ3) is 2.54. The number of carbonyl (C=O) groups excluding carboxylic acids is 1. The molecule has 0 saturated carbocycles. The van der Waals surface area contributed by atoms with Gasteiger partial charge in [-0.25, -0.2) is 8.78 Å². The lowest BCUT2D eigenvalue weighted by Crippen LogP contribution is -2.16. The van der Waals surface area contributed by atoms with Crippen LogP contribution in [0.5, 0.6) is 5.75 Å². The number of ether oxygens (including phenoxy) is 1. The van der Waals surface area contributed by atoms with E-state index in [1.807, 2.05) is 0 Å². The lowest BCUT2D eigenvalue weighted by Gasteiger charge is -2.11. The minimum atomic E-state index is -0.861. The molecule has 6 heteroatoms. The Morgan fingerprint density at radius 2 is 1.75 bits per heavy atom. The van der Waals surface area contributed by atoms with Crippen molar-refractivity contribution in [1.82, 2.24) is 0 Å². The topological polar surface area (TPSA) is 64.3 Å². The fourth-order valence-electron chi connectivity index (χ4n) is 1.72. The summed E-state index contributed by atoms with van der Waals surface area (Å²) in [6.45, 7) is 0. The Morgan fingerprint density at radius 1 is 1.15 bits per heavy atom. The number of nitrogens with two attached hydrogens (primary N) is 1. The van der Waals surface area contributed by atoms with Crippen LogP contribution in [-0.2, 0) is 0 Å². The Hall–Kier alpha value is -2.63. The highest BCUT2D eigenvalue weighted by Crippen LogP contribution is 2.26. The minimum Gasteiger partial charge on any atom is -0.495 e. The number of hydrogen-bond acceptors (Lipinski definition) is 3. The van der Waals surface area contributed by atoms with E-state index in [1.165, 1.54) is 19.2 Å². The van der Waals surface area contributed by atoms with Crippen LogP contribution in [0.4, 0.5) is 20.2 Å². The number of benzene rings is 2. The fourth-order valence-corrected chi connectivity index (χ4v) is 1.72. The lowest BCUT2D eigenvalue weighted by molar-refractivity contribution is 0.102. The molecule has 0 aliphatic rings. The molecule has 0 aromatic heterocycles. The van der Waals surface area contributed by atoms with Crippen LogP contribution in [0.15, 0.2) is 36.4 Å². The van der Waals surface area contributed by atoms with E-state index in [0.29, 0.717) is 5.75 Å². The summed E-state index contributed by atoms with van der Waals surface area (Å²) in [4.78, 5) is 12.0. The monoisotopic (exact) mass is 278 g/mol. The smallest absolute Gasteiger partial charge is 0.258 e. The Kier molecular flexibility index (Phi) is 3.84. The van der Waals surface area contributed by atoms with E-state index >= 15 is 0 Å². The zero-order valence-electron chi connectivity index (χ0n) is 10.6. The number of hydrogen-bond donors (Lipinski definition) is 2. The molecule has 0 aliphatic heterocycles. The van der Waals surface area contributed by atoms with Crippen LogP contribution < -0.4 is 15.8 Å².